The van der Waals surface area contributed by atoms with Gasteiger partial charge in [-0.15, -0.1) is 0 Å². The molecule has 1 aliphatic rings. The molecule has 1 heterocycles. The van der Waals surface area contributed by atoms with E-state index in [0.29, 0.717) is 19.5 Å². The number of likely N-dealkylation sites (N-methyl/N-ethyl adjacent to an activating group) is 1. The monoisotopic (exact) mass is 404 g/mol. The number of hydrogen-bond acceptors (Lipinski definition) is 4. The Kier molecular flexibility index (Phi) is 7.25. The van der Waals surface area contributed by atoms with Crippen LogP contribution in [0.3, 0.4) is 0 Å². The van der Waals surface area contributed by atoms with Gasteiger partial charge in [-0.3, -0.25) is 9.59 Å². The Morgan fingerprint density at radius 1 is 1.29 bits per heavy atom. The first-order chi connectivity index (χ1) is 11.0. The van der Waals surface area contributed by atoms with Gasteiger partial charge in [-0.05, 0) is 33.1 Å². The number of esters is 1. The third-order valence-electron chi connectivity index (χ3n) is 4.05. The van der Waals surface area contributed by atoms with Crippen molar-refractivity contribution in [1.82, 2.24) is 9.80 Å². The zero-order chi connectivity index (χ0) is 18.7. The Morgan fingerprint density at radius 3 is 2.33 bits per heavy atom. The SMILES string of the molecule is CC(C)[C@@H](C(=O)OC(C)(C)C)N(C)C(=O)[C@H]1CCN(C(=O)CBr)C1. The van der Waals surface area contributed by atoms with Crippen molar-refractivity contribution in [2.24, 2.45) is 11.8 Å². The zero-order valence-electron chi connectivity index (χ0n) is 15.5. The molecule has 0 aromatic heterocycles. The van der Waals surface area contributed by atoms with Gasteiger partial charge in [-0.1, -0.05) is 29.8 Å². The van der Waals surface area contributed by atoms with Crippen LogP contribution in [0.25, 0.3) is 0 Å². The lowest BCUT2D eigenvalue weighted by molar-refractivity contribution is -0.166. The normalized spacial score (nSPS) is 19.3. The molecule has 0 saturated carbocycles. The van der Waals surface area contributed by atoms with Gasteiger partial charge < -0.3 is 14.5 Å². The van der Waals surface area contributed by atoms with Gasteiger partial charge >= 0.3 is 5.97 Å². The summed E-state index contributed by atoms with van der Waals surface area (Å²) in [7, 11) is 1.64. The Morgan fingerprint density at radius 2 is 1.88 bits per heavy atom. The van der Waals surface area contributed by atoms with Crippen LogP contribution in [0.15, 0.2) is 0 Å². The van der Waals surface area contributed by atoms with E-state index in [-0.39, 0.29) is 34.9 Å². The number of alkyl halides is 1. The summed E-state index contributed by atoms with van der Waals surface area (Å²) in [6.07, 6.45) is 0.626. The first-order valence-corrected chi connectivity index (χ1v) is 9.43. The maximum atomic E-state index is 12.8. The van der Waals surface area contributed by atoms with E-state index in [1.165, 1.54) is 4.90 Å². The van der Waals surface area contributed by atoms with Crippen molar-refractivity contribution in [3.8, 4) is 0 Å². The summed E-state index contributed by atoms with van der Waals surface area (Å²) in [6, 6.07) is -0.627. The minimum atomic E-state index is -0.627. The summed E-state index contributed by atoms with van der Waals surface area (Å²) in [5.74, 6) is -0.832. The van der Waals surface area contributed by atoms with Gasteiger partial charge in [0.15, 0.2) is 0 Å². The van der Waals surface area contributed by atoms with Crippen LogP contribution in [0.4, 0.5) is 0 Å². The average Bonchev–Trinajstić information content (AvgIpc) is 2.92. The van der Waals surface area contributed by atoms with Gasteiger partial charge in [-0.2, -0.15) is 0 Å². The molecule has 0 aromatic rings. The molecule has 1 fully saturated rings. The quantitative estimate of drug-likeness (QED) is 0.519. The first kappa shape index (κ1) is 20.9. The Balaban J connectivity index is 2.81. The molecule has 0 bridgehead atoms. The summed E-state index contributed by atoms with van der Waals surface area (Å²) >= 11 is 3.15. The van der Waals surface area contributed by atoms with Crippen LogP contribution in [0.2, 0.25) is 0 Å². The number of likely N-dealkylation sites (tertiary alicyclic amines) is 1. The fourth-order valence-electron chi connectivity index (χ4n) is 2.94. The Hall–Kier alpha value is -1.11. The van der Waals surface area contributed by atoms with Crippen molar-refractivity contribution < 1.29 is 19.1 Å². The van der Waals surface area contributed by atoms with E-state index >= 15 is 0 Å². The van der Waals surface area contributed by atoms with Crippen LogP contribution in [0.1, 0.15) is 41.0 Å². The van der Waals surface area contributed by atoms with E-state index in [9.17, 15) is 14.4 Å². The maximum Gasteiger partial charge on any atom is 0.329 e. The summed E-state index contributed by atoms with van der Waals surface area (Å²) in [4.78, 5) is 40.2. The topological polar surface area (TPSA) is 66.9 Å². The van der Waals surface area contributed by atoms with Crippen LogP contribution < -0.4 is 0 Å². The Labute approximate surface area is 153 Å². The molecule has 24 heavy (non-hydrogen) atoms. The standard InChI is InChI=1S/C17H29BrN2O4/c1-11(2)14(16(23)24-17(3,4)5)19(6)15(22)12-7-8-20(10-12)13(21)9-18/h11-12,14H,7-10H2,1-6H3/t12-,14-/m0/s1. The fraction of sp³-hybridized carbons (Fsp3) is 0.824. The number of amides is 2. The average molecular weight is 405 g/mol. The second-order valence-corrected chi connectivity index (χ2v) is 8.19. The molecule has 0 unspecified atom stereocenters. The van der Waals surface area contributed by atoms with Gasteiger partial charge in [0, 0.05) is 20.1 Å². The fourth-order valence-corrected chi connectivity index (χ4v) is 3.29. The van der Waals surface area contributed by atoms with E-state index in [0.717, 1.165) is 0 Å². The second kappa shape index (κ2) is 8.32. The molecule has 2 amide bonds. The number of hydrogen-bond donors (Lipinski definition) is 0. The van der Waals surface area contributed by atoms with Crippen molar-refractivity contribution >= 4 is 33.7 Å². The minimum Gasteiger partial charge on any atom is -0.458 e. The maximum absolute atomic E-state index is 12.8. The number of carbonyl (C=O) groups is 3. The number of halogens is 1. The van der Waals surface area contributed by atoms with Crippen molar-refractivity contribution in [2.45, 2.75) is 52.7 Å². The second-order valence-electron chi connectivity index (χ2n) is 7.63. The number of ether oxygens (including phenoxy) is 1. The lowest BCUT2D eigenvalue weighted by Gasteiger charge is -2.33. The van der Waals surface area contributed by atoms with Gasteiger partial charge in [0.25, 0.3) is 0 Å². The predicted molar refractivity (Wildman–Crippen MR) is 95.7 cm³/mol. The number of rotatable bonds is 5. The molecule has 7 heteroatoms. The van der Waals surface area contributed by atoms with E-state index < -0.39 is 11.6 Å². The molecule has 1 saturated heterocycles. The van der Waals surface area contributed by atoms with Crippen molar-refractivity contribution in [1.29, 1.82) is 0 Å². The van der Waals surface area contributed by atoms with Crippen LogP contribution in [-0.2, 0) is 19.1 Å². The van der Waals surface area contributed by atoms with Crippen molar-refractivity contribution in [2.75, 3.05) is 25.5 Å². The molecule has 138 valence electrons. The third-order valence-corrected chi connectivity index (χ3v) is 4.53. The van der Waals surface area contributed by atoms with Gasteiger partial charge in [0.1, 0.15) is 11.6 Å². The van der Waals surface area contributed by atoms with Crippen molar-refractivity contribution in [3.63, 3.8) is 0 Å². The highest BCUT2D eigenvalue weighted by Gasteiger charge is 2.38. The molecule has 1 aliphatic heterocycles. The predicted octanol–water partition coefficient (Wildman–Crippen LogP) is 2.05. The minimum absolute atomic E-state index is 0.0134. The molecule has 0 aromatic carbocycles. The van der Waals surface area contributed by atoms with Gasteiger partial charge in [0.2, 0.25) is 11.8 Å². The van der Waals surface area contributed by atoms with E-state index in [1.807, 2.05) is 34.6 Å². The van der Waals surface area contributed by atoms with E-state index in [4.69, 9.17) is 4.74 Å². The molecule has 2 atom stereocenters. The molecular formula is C17H29BrN2O4. The zero-order valence-corrected chi connectivity index (χ0v) is 17.1. The highest BCUT2D eigenvalue weighted by molar-refractivity contribution is 9.09. The van der Waals surface area contributed by atoms with Gasteiger partial charge in [-0.25, -0.2) is 4.79 Å². The summed E-state index contributed by atoms with van der Waals surface area (Å²) in [5, 5.41) is 0.260. The number of carbonyl (C=O) groups excluding carboxylic acids is 3. The highest BCUT2D eigenvalue weighted by atomic mass is 79.9. The summed E-state index contributed by atoms with van der Waals surface area (Å²) in [5.41, 5.74) is -0.597. The largest absolute Gasteiger partial charge is 0.458 e. The Bertz CT molecular complexity index is 487. The molecule has 1 rings (SSSR count). The summed E-state index contributed by atoms with van der Waals surface area (Å²) < 4.78 is 5.47. The van der Waals surface area contributed by atoms with Crippen LogP contribution in [0.5, 0.6) is 0 Å². The first-order valence-electron chi connectivity index (χ1n) is 8.31. The molecule has 0 spiro atoms. The lowest BCUT2D eigenvalue weighted by atomic mass is 9.99. The third kappa shape index (κ3) is 5.46. The molecule has 0 aliphatic carbocycles. The number of nitrogens with zero attached hydrogens (tertiary/aromatic N) is 2. The highest BCUT2D eigenvalue weighted by Crippen LogP contribution is 2.23. The van der Waals surface area contributed by atoms with Crippen LogP contribution in [0, 0.1) is 11.8 Å². The molecule has 0 N–H and O–H groups in total. The summed E-state index contributed by atoms with van der Waals surface area (Å²) in [6.45, 7) is 10.2. The van der Waals surface area contributed by atoms with Crippen molar-refractivity contribution in [3.05, 3.63) is 0 Å². The van der Waals surface area contributed by atoms with Crippen LogP contribution >= 0.6 is 15.9 Å². The molecular weight excluding hydrogens is 376 g/mol. The molecule has 6 nitrogen and oxygen atoms in total. The van der Waals surface area contributed by atoms with Crippen LogP contribution in [-0.4, -0.2) is 64.7 Å². The van der Waals surface area contributed by atoms with E-state index in [1.54, 1.807) is 11.9 Å². The van der Waals surface area contributed by atoms with E-state index in [2.05, 4.69) is 15.9 Å². The lowest BCUT2D eigenvalue weighted by Crippen LogP contribution is -2.50. The van der Waals surface area contributed by atoms with Gasteiger partial charge in [0.05, 0.1) is 11.2 Å². The molecule has 0 radical (unpaired) electrons. The smallest absolute Gasteiger partial charge is 0.329 e.